The molecule has 0 amide bonds. The SMILES string of the molecule is CCc1ccc(C(C)=Cc2ccccc2)cc1. The normalized spacial score (nSPS) is 11.5. The highest BCUT2D eigenvalue weighted by Crippen LogP contribution is 2.18. The molecule has 0 unspecified atom stereocenters. The summed E-state index contributed by atoms with van der Waals surface area (Å²) in [6.45, 7) is 4.34. The Morgan fingerprint density at radius 2 is 1.59 bits per heavy atom. The summed E-state index contributed by atoms with van der Waals surface area (Å²) in [7, 11) is 0. The van der Waals surface area contributed by atoms with Gasteiger partial charge in [-0.05, 0) is 35.6 Å². The molecule has 0 aliphatic carbocycles. The second-order valence-corrected chi connectivity index (χ2v) is 4.29. The molecule has 0 fully saturated rings. The molecule has 0 N–H and O–H groups in total. The molecule has 0 bridgehead atoms. The first-order chi connectivity index (χ1) is 8.29. The monoisotopic (exact) mass is 222 g/mol. The van der Waals surface area contributed by atoms with Crippen molar-refractivity contribution in [1.29, 1.82) is 0 Å². The highest BCUT2D eigenvalue weighted by atomic mass is 14.0. The van der Waals surface area contributed by atoms with Crippen molar-refractivity contribution >= 4 is 11.6 Å². The molecule has 0 nitrogen and oxygen atoms in total. The smallest absolute Gasteiger partial charge is 0.0227 e. The van der Waals surface area contributed by atoms with Crippen LogP contribution in [-0.2, 0) is 6.42 Å². The molecule has 0 heteroatoms. The molecule has 0 aliphatic heterocycles. The molecule has 0 aliphatic rings. The molecule has 0 saturated carbocycles. The molecule has 17 heavy (non-hydrogen) atoms. The predicted molar refractivity (Wildman–Crippen MR) is 75.8 cm³/mol. The Hall–Kier alpha value is -1.82. The van der Waals surface area contributed by atoms with Gasteiger partial charge in [-0.25, -0.2) is 0 Å². The Kier molecular flexibility index (Phi) is 3.77. The summed E-state index contributed by atoms with van der Waals surface area (Å²) < 4.78 is 0. The largest absolute Gasteiger partial charge is 0.0622 e. The fraction of sp³-hybridized carbons (Fsp3) is 0.176. The molecule has 0 heterocycles. The fourth-order valence-corrected chi connectivity index (χ4v) is 1.89. The minimum absolute atomic E-state index is 1.10. The van der Waals surface area contributed by atoms with Crippen LogP contribution >= 0.6 is 0 Å². The zero-order chi connectivity index (χ0) is 12.1. The maximum Gasteiger partial charge on any atom is -0.0227 e. The van der Waals surface area contributed by atoms with Crippen LogP contribution in [0.25, 0.3) is 11.6 Å². The van der Waals surface area contributed by atoms with E-state index in [1.54, 1.807) is 0 Å². The zero-order valence-corrected chi connectivity index (χ0v) is 10.5. The molecule has 0 saturated heterocycles. The van der Waals surface area contributed by atoms with Crippen LogP contribution in [0.15, 0.2) is 54.6 Å². The van der Waals surface area contributed by atoms with Gasteiger partial charge in [0.15, 0.2) is 0 Å². The van der Waals surface area contributed by atoms with Crippen LogP contribution in [0.1, 0.15) is 30.5 Å². The third-order valence-electron chi connectivity index (χ3n) is 3.00. The number of hydrogen-bond acceptors (Lipinski definition) is 0. The van der Waals surface area contributed by atoms with E-state index in [1.807, 2.05) is 6.07 Å². The van der Waals surface area contributed by atoms with Gasteiger partial charge < -0.3 is 0 Å². The van der Waals surface area contributed by atoms with E-state index >= 15 is 0 Å². The van der Waals surface area contributed by atoms with Gasteiger partial charge in [-0.3, -0.25) is 0 Å². The number of hydrogen-bond donors (Lipinski definition) is 0. The van der Waals surface area contributed by atoms with Crippen LogP contribution in [0, 0.1) is 0 Å². The average molecular weight is 222 g/mol. The quantitative estimate of drug-likeness (QED) is 0.654. The molecule has 86 valence electrons. The van der Waals surface area contributed by atoms with Gasteiger partial charge in [-0.15, -0.1) is 0 Å². The summed E-state index contributed by atoms with van der Waals surface area (Å²) in [5, 5.41) is 0. The maximum absolute atomic E-state index is 2.22. The molecule has 0 spiro atoms. The lowest BCUT2D eigenvalue weighted by Crippen LogP contribution is -1.83. The highest BCUT2D eigenvalue weighted by molar-refractivity contribution is 5.80. The summed E-state index contributed by atoms with van der Waals surface area (Å²) in [6, 6.07) is 19.3. The number of allylic oxidation sites excluding steroid dienone is 1. The van der Waals surface area contributed by atoms with Gasteiger partial charge in [0.25, 0.3) is 0 Å². The summed E-state index contributed by atoms with van der Waals surface area (Å²) in [6.07, 6.45) is 3.32. The van der Waals surface area contributed by atoms with E-state index in [9.17, 15) is 0 Å². The van der Waals surface area contributed by atoms with E-state index in [0.717, 1.165) is 6.42 Å². The first-order valence-electron chi connectivity index (χ1n) is 6.12. The van der Waals surface area contributed by atoms with Crippen molar-refractivity contribution in [2.24, 2.45) is 0 Å². The van der Waals surface area contributed by atoms with Gasteiger partial charge in [0, 0.05) is 0 Å². The Labute approximate surface area is 104 Å². The van der Waals surface area contributed by atoms with Crippen LogP contribution in [0.4, 0.5) is 0 Å². The van der Waals surface area contributed by atoms with Crippen molar-refractivity contribution in [3.05, 3.63) is 71.3 Å². The minimum atomic E-state index is 1.10. The number of aryl methyl sites for hydroxylation is 1. The van der Waals surface area contributed by atoms with Gasteiger partial charge in [0.1, 0.15) is 0 Å². The molecule has 2 aromatic carbocycles. The van der Waals surface area contributed by atoms with Crippen molar-refractivity contribution < 1.29 is 0 Å². The van der Waals surface area contributed by atoms with Crippen LogP contribution in [0.5, 0.6) is 0 Å². The van der Waals surface area contributed by atoms with Gasteiger partial charge in [-0.2, -0.15) is 0 Å². The lowest BCUT2D eigenvalue weighted by atomic mass is 10.0. The van der Waals surface area contributed by atoms with E-state index < -0.39 is 0 Å². The molecular formula is C17H18. The summed E-state index contributed by atoms with van der Waals surface area (Å²) >= 11 is 0. The third-order valence-corrected chi connectivity index (χ3v) is 3.00. The van der Waals surface area contributed by atoms with Crippen LogP contribution in [0.2, 0.25) is 0 Å². The lowest BCUT2D eigenvalue weighted by molar-refractivity contribution is 1.14. The lowest BCUT2D eigenvalue weighted by Gasteiger charge is -2.03. The maximum atomic E-state index is 2.22. The molecule has 0 radical (unpaired) electrons. The van der Waals surface area contributed by atoms with Gasteiger partial charge >= 0.3 is 0 Å². The van der Waals surface area contributed by atoms with E-state index in [4.69, 9.17) is 0 Å². The van der Waals surface area contributed by atoms with Crippen molar-refractivity contribution in [3.63, 3.8) is 0 Å². The van der Waals surface area contributed by atoms with E-state index in [1.165, 1.54) is 22.3 Å². The molecule has 2 rings (SSSR count). The van der Waals surface area contributed by atoms with Gasteiger partial charge in [0.05, 0.1) is 0 Å². The second-order valence-electron chi connectivity index (χ2n) is 4.29. The number of rotatable bonds is 3. The van der Waals surface area contributed by atoms with Gasteiger partial charge in [-0.1, -0.05) is 67.6 Å². The topological polar surface area (TPSA) is 0 Å². The Morgan fingerprint density at radius 3 is 2.18 bits per heavy atom. The zero-order valence-electron chi connectivity index (χ0n) is 10.5. The summed E-state index contributed by atoms with van der Waals surface area (Å²) in [5.41, 5.74) is 5.25. The van der Waals surface area contributed by atoms with E-state index in [2.05, 4.69) is 68.5 Å². The summed E-state index contributed by atoms with van der Waals surface area (Å²) in [5.74, 6) is 0. The first kappa shape index (κ1) is 11.7. The van der Waals surface area contributed by atoms with Crippen LogP contribution in [0.3, 0.4) is 0 Å². The predicted octanol–water partition coefficient (Wildman–Crippen LogP) is 4.81. The first-order valence-corrected chi connectivity index (χ1v) is 6.12. The Bertz CT molecular complexity index is 489. The second kappa shape index (κ2) is 5.49. The van der Waals surface area contributed by atoms with Gasteiger partial charge in [0.2, 0.25) is 0 Å². The van der Waals surface area contributed by atoms with Crippen molar-refractivity contribution in [2.75, 3.05) is 0 Å². The van der Waals surface area contributed by atoms with E-state index in [0.29, 0.717) is 0 Å². The number of benzene rings is 2. The van der Waals surface area contributed by atoms with Crippen LogP contribution in [-0.4, -0.2) is 0 Å². The van der Waals surface area contributed by atoms with Crippen molar-refractivity contribution in [1.82, 2.24) is 0 Å². The van der Waals surface area contributed by atoms with Crippen LogP contribution < -0.4 is 0 Å². The molecule has 0 atom stereocenters. The summed E-state index contributed by atoms with van der Waals surface area (Å²) in [4.78, 5) is 0. The van der Waals surface area contributed by atoms with Crippen molar-refractivity contribution in [2.45, 2.75) is 20.3 Å². The van der Waals surface area contributed by atoms with E-state index in [-0.39, 0.29) is 0 Å². The van der Waals surface area contributed by atoms with Crippen molar-refractivity contribution in [3.8, 4) is 0 Å². The third kappa shape index (κ3) is 3.07. The fourth-order valence-electron chi connectivity index (χ4n) is 1.89. The highest BCUT2D eigenvalue weighted by Gasteiger charge is 1.96. The molecule has 2 aromatic rings. The molecule has 0 aromatic heterocycles. The molecular weight excluding hydrogens is 204 g/mol. The Balaban J connectivity index is 2.24. The standard InChI is InChI=1S/C17H18/c1-3-15-9-11-17(12-10-15)14(2)13-16-7-5-4-6-8-16/h4-13H,3H2,1-2H3. The Morgan fingerprint density at radius 1 is 0.941 bits per heavy atom. The average Bonchev–Trinajstić information content (AvgIpc) is 2.40. The minimum Gasteiger partial charge on any atom is -0.0622 e.